The topological polar surface area (TPSA) is 113 Å². The molecule has 3 fully saturated rings. The normalized spacial score (nSPS) is 27.3. The summed E-state index contributed by atoms with van der Waals surface area (Å²) in [6.07, 6.45) is -3.94. The van der Waals surface area contributed by atoms with Crippen molar-refractivity contribution in [3.63, 3.8) is 0 Å². The number of carbonyl (C=O) groups excluding carboxylic acids is 2. The molecule has 0 radical (unpaired) electrons. The van der Waals surface area contributed by atoms with Crippen molar-refractivity contribution in [1.82, 2.24) is 5.32 Å². The summed E-state index contributed by atoms with van der Waals surface area (Å²) in [6.45, 7) is 2.87. The lowest BCUT2D eigenvalue weighted by atomic mass is 9.90. The van der Waals surface area contributed by atoms with E-state index in [0.29, 0.717) is 5.56 Å². The minimum absolute atomic E-state index is 0.0714. The maximum absolute atomic E-state index is 14.6. The average molecular weight is 445 g/mol. The fourth-order valence-corrected chi connectivity index (χ4v) is 3.15. The van der Waals surface area contributed by atoms with Gasteiger partial charge in [-0.05, 0) is 12.5 Å². The van der Waals surface area contributed by atoms with Crippen LogP contribution in [0.2, 0.25) is 0 Å². The first-order valence-corrected chi connectivity index (χ1v) is 9.74. The molecule has 0 unspecified atom stereocenters. The first-order valence-electron chi connectivity index (χ1n) is 9.74. The fraction of sp³-hybridized carbons (Fsp3) is 0.600. The van der Waals surface area contributed by atoms with Gasteiger partial charge >= 0.3 is 24.0 Å². The molecule has 1 aromatic carbocycles. The second kappa shape index (κ2) is 9.03. The summed E-state index contributed by atoms with van der Waals surface area (Å²) in [5, 5.41) is 12.6. The number of halogens is 2. The molecule has 2 N–H and O–H groups in total. The molecule has 31 heavy (non-hydrogen) atoms. The average Bonchev–Trinajstić information content (AvgIpc) is 2.77. The minimum Gasteiger partial charge on any atom is -0.461 e. The molecular formula is C20H25F2NO8. The van der Waals surface area contributed by atoms with Crippen molar-refractivity contribution < 1.29 is 47.2 Å². The Morgan fingerprint density at radius 2 is 1.74 bits per heavy atom. The highest BCUT2D eigenvalue weighted by Gasteiger charge is 2.64. The lowest BCUT2D eigenvalue weighted by molar-refractivity contribution is -0.480. The number of nitrogens with one attached hydrogen (secondary N) is 1. The Kier molecular flexibility index (Phi) is 6.79. The van der Waals surface area contributed by atoms with Crippen LogP contribution in [0.5, 0.6) is 0 Å². The Labute approximate surface area is 177 Å². The zero-order chi connectivity index (χ0) is 22.7. The van der Waals surface area contributed by atoms with Crippen molar-refractivity contribution in [3.8, 4) is 0 Å². The number of fused-ring (bicyclic) bond motifs is 3. The van der Waals surface area contributed by atoms with E-state index in [2.05, 4.69) is 10.1 Å². The molecule has 9 nitrogen and oxygen atoms in total. The van der Waals surface area contributed by atoms with Gasteiger partial charge < -0.3 is 34.1 Å². The Morgan fingerprint density at radius 1 is 1.16 bits per heavy atom. The van der Waals surface area contributed by atoms with Crippen LogP contribution in [0, 0.1) is 5.41 Å². The van der Waals surface area contributed by atoms with Crippen LogP contribution < -0.4 is 5.32 Å². The van der Waals surface area contributed by atoms with E-state index in [-0.39, 0.29) is 33.0 Å². The Balaban J connectivity index is 1.79. The molecule has 3 saturated heterocycles. The maximum atomic E-state index is 14.6. The summed E-state index contributed by atoms with van der Waals surface area (Å²) in [7, 11) is 0. The molecule has 0 aliphatic carbocycles. The molecule has 0 aromatic heterocycles. The molecule has 1 aromatic rings. The summed E-state index contributed by atoms with van der Waals surface area (Å²) in [5.41, 5.74) is 0.147. The van der Waals surface area contributed by atoms with E-state index < -0.39 is 41.5 Å². The third-order valence-corrected chi connectivity index (χ3v) is 4.97. The fourth-order valence-electron chi connectivity index (χ4n) is 3.15. The molecule has 0 spiro atoms. The molecular weight excluding hydrogens is 420 g/mol. The molecule has 3 aliphatic rings. The predicted molar refractivity (Wildman–Crippen MR) is 99.8 cm³/mol. The summed E-state index contributed by atoms with van der Waals surface area (Å²) < 4.78 is 55.1. The van der Waals surface area contributed by atoms with Crippen LogP contribution in [0.3, 0.4) is 0 Å². The third kappa shape index (κ3) is 4.95. The van der Waals surface area contributed by atoms with Gasteiger partial charge in [0.05, 0.1) is 26.4 Å². The Morgan fingerprint density at radius 3 is 2.29 bits per heavy atom. The van der Waals surface area contributed by atoms with Crippen molar-refractivity contribution in [1.29, 1.82) is 0 Å². The van der Waals surface area contributed by atoms with Gasteiger partial charge in [0.15, 0.2) is 6.10 Å². The minimum atomic E-state index is -4.39. The van der Waals surface area contributed by atoms with Gasteiger partial charge in [-0.25, -0.2) is 9.59 Å². The van der Waals surface area contributed by atoms with E-state index in [9.17, 15) is 23.5 Å². The Bertz CT molecular complexity index is 766. The number of benzene rings is 1. The zero-order valence-corrected chi connectivity index (χ0v) is 17.1. The van der Waals surface area contributed by atoms with E-state index in [1.807, 2.05) is 0 Å². The number of amides is 1. The van der Waals surface area contributed by atoms with E-state index >= 15 is 0 Å². The summed E-state index contributed by atoms with van der Waals surface area (Å²) >= 11 is 0. The van der Waals surface area contributed by atoms with Crippen LogP contribution in [-0.4, -0.2) is 67.6 Å². The molecule has 11 heteroatoms. The van der Waals surface area contributed by atoms with Gasteiger partial charge in [-0.1, -0.05) is 37.3 Å². The summed E-state index contributed by atoms with van der Waals surface area (Å²) in [5.74, 6) is -8.57. The van der Waals surface area contributed by atoms with Crippen molar-refractivity contribution in [3.05, 3.63) is 35.9 Å². The summed E-state index contributed by atoms with van der Waals surface area (Å²) in [6, 6.07) is 6.65. The number of alkyl halides is 2. The highest BCUT2D eigenvalue weighted by molar-refractivity contribution is 5.78. The first-order chi connectivity index (χ1) is 14.6. The largest absolute Gasteiger partial charge is 0.461 e. The number of aliphatic hydroxyl groups excluding tert-OH is 1. The summed E-state index contributed by atoms with van der Waals surface area (Å²) in [4.78, 5) is 24.1. The van der Waals surface area contributed by atoms with Crippen molar-refractivity contribution >= 4 is 12.1 Å². The first kappa shape index (κ1) is 23.3. The SMILES string of the molecule is CCOC(=O)C(F)(F)[C@@H](O)[C@H](NC(=O)OCc1ccccc1)C12OCC(C)(CO1)CO2. The molecule has 1 amide bonds. The van der Waals surface area contributed by atoms with E-state index in [1.54, 1.807) is 37.3 Å². The number of alkyl carbamates (subject to hydrolysis) is 1. The number of aliphatic hydroxyl groups is 1. The van der Waals surface area contributed by atoms with Gasteiger partial charge in [-0.3, -0.25) is 0 Å². The molecule has 3 heterocycles. The quantitative estimate of drug-likeness (QED) is 0.580. The van der Waals surface area contributed by atoms with Crippen molar-refractivity contribution in [2.75, 3.05) is 26.4 Å². The van der Waals surface area contributed by atoms with E-state index in [0.717, 1.165) is 0 Å². The molecule has 2 atom stereocenters. The smallest absolute Gasteiger partial charge is 0.408 e. The third-order valence-electron chi connectivity index (χ3n) is 4.97. The number of hydrogen-bond donors (Lipinski definition) is 2. The van der Waals surface area contributed by atoms with E-state index in [1.165, 1.54) is 6.92 Å². The van der Waals surface area contributed by atoms with Crippen LogP contribution in [0.4, 0.5) is 13.6 Å². The number of esters is 1. The molecule has 4 rings (SSSR count). The highest BCUT2D eigenvalue weighted by Crippen LogP contribution is 2.42. The van der Waals surface area contributed by atoms with Crippen molar-refractivity contribution in [2.45, 2.75) is 44.5 Å². The van der Waals surface area contributed by atoms with Crippen LogP contribution in [-0.2, 0) is 35.1 Å². The number of ether oxygens (including phenoxy) is 5. The molecule has 2 bridgehead atoms. The van der Waals surface area contributed by atoms with E-state index in [4.69, 9.17) is 18.9 Å². The monoisotopic (exact) mass is 445 g/mol. The van der Waals surface area contributed by atoms with Gasteiger partial charge in [0, 0.05) is 5.41 Å². The zero-order valence-electron chi connectivity index (χ0n) is 17.1. The van der Waals surface area contributed by atoms with Crippen LogP contribution in [0.25, 0.3) is 0 Å². The predicted octanol–water partition coefficient (Wildman–Crippen LogP) is 1.58. The Hall–Kier alpha value is -2.34. The van der Waals surface area contributed by atoms with Gasteiger partial charge in [0.25, 0.3) is 0 Å². The second-order valence-electron chi connectivity index (χ2n) is 7.75. The molecule has 0 saturated carbocycles. The van der Waals surface area contributed by atoms with Crippen LogP contribution in [0.15, 0.2) is 30.3 Å². The van der Waals surface area contributed by atoms with Gasteiger partial charge in [-0.15, -0.1) is 0 Å². The lowest BCUT2D eigenvalue weighted by Crippen LogP contribution is -2.72. The van der Waals surface area contributed by atoms with Crippen LogP contribution >= 0.6 is 0 Å². The molecule has 172 valence electrons. The second-order valence-corrected chi connectivity index (χ2v) is 7.75. The maximum Gasteiger partial charge on any atom is 0.408 e. The number of carbonyl (C=O) groups is 2. The number of hydrogen-bond acceptors (Lipinski definition) is 8. The lowest BCUT2D eigenvalue weighted by Gasteiger charge is -2.53. The highest BCUT2D eigenvalue weighted by atomic mass is 19.3. The van der Waals surface area contributed by atoms with Gasteiger partial charge in [0.2, 0.25) is 0 Å². The van der Waals surface area contributed by atoms with Gasteiger partial charge in [-0.2, -0.15) is 8.78 Å². The molecule has 3 aliphatic heterocycles. The van der Waals surface area contributed by atoms with Crippen LogP contribution in [0.1, 0.15) is 19.4 Å². The van der Waals surface area contributed by atoms with Gasteiger partial charge in [0.1, 0.15) is 12.6 Å². The van der Waals surface area contributed by atoms with Crippen molar-refractivity contribution in [2.24, 2.45) is 5.41 Å². The standard InChI is InChI=1S/C20H25F2NO8/c1-3-27-16(25)19(21,22)15(24)14(20-29-10-18(2,11-30-20)12-31-20)23-17(26)28-9-13-7-5-4-6-8-13/h4-8,14-15,24H,3,9-12H2,1-2H3,(H,23,26)/t14-,15-,18?,20?/m0/s1. The number of rotatable bonds is 8.